The first-order valence-electron chi connectivity index (χ1n) is 5.28. The van der Waals surface area contributed by atoms with Gasteiger partial charge < -0.3 is 5.73 Å². The third kappa shape index (κ3) is 2.15. The molecule has 2 rings (SSSR count). The number of hydrogen-bond donors (Lipinski definition) is 1. The molecule has 17 heavy (non-hydrogen) atoms. The first-order valence-corrected chi connectivity index (χ1v) is 5.28. The first-order chi connectivity index (χ1) is 8.09. The Kier molecular flexibility index (Phi) is 2.87. The molecule has 0 spiro atoms. The molecule has 2 aromatic rings. The van der Waals surface area contributed by atoms with E-state index in [1.807, 2.05) is 19.9 Å². The largest absolute Gasteiger partial charge is 0.383 e. The van der Waals surface area contributed by atoms with Gasteiger partial charge in [0.2, 0.25) is 5.78 Å². The summed E-state index contributed by atoms with van der Waals surface area (Å²) in [5.41, 5.74) is 8.37. The van der Waals surface area contributed by atoms with Crippen LogP contribution in [0.5, 0.6) is 0 Å². The minimum atomic E-state index is -0.184. The van der Waals surface area contributed by atoms with E-state index in [0.717, 1.165) is 11.1 Å². The highest BCUT2D eigenvalue weighted by atomic mass is 16.1. The molecule has 86 valence electrons. The molecule has 2 heterocycles. The molecule has 0 amide bonds. The summed E-state index contributed by atoms with van der Waals surface area (Å²) in [5.74, 6) is 0.0649. The van der Waals surface area contributed by atoms with Crippen molar-refractivity contribution in [1.29, 1.82) is 0 Å². The molecule has 0 fully saturated rings. The maximum Gasteiger partial charge on any atom is 0.215 e. The lowest BCUT2D eigenvalue weighted by Gasteiger charge is -2.07. The van der Waals surface area contributed by atoms with Gasteiger partial charge >= 0.3 is 0 Å². The fraction of sp³-hybridized carbons (Fsp3) is 0.154. The van der Waals surface area contributed by atoms with Gasteiger partial charge in [0.25, 0.3) is 0 Å². The summed E-state index contributed by atoms with van der Waals surface area (Å²) in [4.78, 5) is 20.3. The number of nitrogens with zero attached hydrogens (tertiary/aromatic N) is 2. The molecule has 2 aromatic heterocycles. The first kappa shape index (κ1) is 11.3. The average Bonchev–Trinajstić information content (AvgIpc) is 2.28. The quantitative estimate of drug-likeness (QED) is 0.795. The summed E-state index contributed by atoms with van der Waals surface area (Å²) < 4.78 is 0. The molecule has 0 aliphatic rings. The molecule has 0 saturated heterocycles. The molecule has 0 saturated carbocycles. The van der Waals surface area contributed by atoms with E-state index in [4.69, 9.17) is 5.73 Å². The van der Waals surface area contributed by atoms with Crippen molar-refractivity contribution in [3.63, 3.8) is 0 Å². The van der Waals surface area contributed by atoms with Crippen LogP contribution in [-0.4, -0.2) is 15.8 Å². The van der Waals surface area contributed by atoms with Crippen LogP contribution in [0, 0.1) is 13.8 Å². The van der Waals surface area contributed by atoms with E-state index in [1.165, 1.54) is 0 Å². The monoisotopic (exact) mass is 227 g/mol. The minimum absolute atomic E-state index is 0.184. The zero-order valence-corrected chi connectivity index (χ0v) is 9.77. The normalized spacial score (nSPS) is 10.2. The lowest BCUT2D eigenvalue weighted by atomic mass is 10.0. The third-order valence-electron chi connectivity index (χ3n) is 2.56. The van der Waals surface area contributed by atoms with Gasteiger partial charge in [-0.25, -0.2) is 4.98 Å². The Morgan fingerprint density at radius 2 is 1.88 bits per heavy atom. The van der Waals surface area contributed by atoms with Gasteiger partial charge in [0.1, 0.15) is 11.5 Å². The van der Waals surface area contributed by atoms with Crippen LogP contribution in [0.3, 0.4) is 0 Å². The number of pyridine rings is 2. The Morgan fingerprint density at radius 3 is 2.53 bits per heavy atom. The summed E-state index contributed by atoms with van der Waals surface area (Å²) >= 11 is 0. The van der Waals surface area contributed by atoms with Crippen LogP contribution in [-0.2, 0) is 0 Å². The van der Waals surface area contributed by atoms with Gasteiger partial charge in [-0.15, -0.1) is 0 Å². The Morgan fingerprint density at radius 1 is 1.18 bits per heavy atom. The number of carbonyl (C=O) groups is 1. The van der Waals surface area contributed by atoms with Gasteiger partial charge in [-0.3, -0.25) is 9.78 Å². The van der Waals surface area contributed by atoms with Gasteiger partial charge in [0, 0.05) is 12.4 Å². The number of aromatic nitrogens is 2. The predicted octanol–water partition coefficient (Wildman–Crippen LogP) is 1.91. The van der Waals surface area contributed by atoms with E-state index in [-0.39, 0.29) is 11.6 Å². The number of hydrogen-bond acceptors (Lipinski definition) is 4. The standard InChI is InChI=1S/C13H13N3O/c1-8-3-5-15-10(7-8)12(17)11-9(2)4-6-16-13(11)14/h3-7H,1-2H3,(H2,14,16). The Labute approximate surface area is 99.5 Å². The minimum Gasteiger partial charge on any atom is -0.383 e. The molecule has 0 atom stereocenters. The molecular weight excluding hydrogens is 214 g/mol. The van der Waals surface area contributed by atoms with Crippen molar-refractivity contribution in [1.82, 2.24) is 9.97 Å². The average molecular weight is 227 g/mol. The summed E-state index contributed by atoms with van der Waals surface area (Å²) in [7, 11) is 0. The molecule has 0 radical (unpaired) electrons. The summed E-state index contributed by atoms with van der Waals surface area (Å²) in [6.07, 6.45) is 3.20. The Balaban J connectivity index is 2.51. The molecule has 0 bridgehead atoms. The maximum atomic E-state index is 12.3. The molecule has 0 aromatic carbocycles. The van der Waals surface area contributed by atoms with E-state index in [2.05, 4.69) is 9.97 Å². The van der Waals surface area contributed by atoms with Crippen LogP contribution in [0.15, 0.2) is 30.6 Å². The van der Waals surface area contributed by atoms with E-state index >= 15 is 0 Å². The zero-order chi connectivity index (χ0) is 12.4. The highest BCUT2D eigenvalue weighted by Gasteiger charge is 2.16. The van der Waals surface area contributed by atoms with Crippen molar-refractivity contribution in [3.05, 3.63) is 53.0 Å². The predicted molar refractivity (Wildman–Crippen MR) is 65.8 cm³/mol. The summed E-state index contributed by atoms with van der Waals surface area (Å²) in [6, 6.07) is 5.35. The SMILES string of the molecule is Cc1ccnc(C(=O)c2c(C)ccnc2N)c1. The summed E-state index contributed by atoms with van der Waals surface area (Å²) in [5, 5.41) is 0. The molecule has 4 nitrogen and oxygen atoms in total. The second-order valence-corrected chi connectivity index (χ2v) is 3.94. The Hall–Kier alpha value is -2.23. The number of ketones is 1. The Bertz CT molecular complexity index is 558. The van der Waals surface area contributed by atoms with Crippen molar-refractivity contribution in [2.45, 2.75) is 13.8 Å². The van der Waals surface area contributed by atoms with Crippen molar-refractivity contribution in [3.8, 4) is 0 Å². The van der Waals surface area contributed by atoms with Crippen molar-refractivity contribution < 1.29 is 4.79 Å². The molecule has 4 heteroatoms. The van der Waals surface area contributed by atoms with E-state index in [9.17, 15) is 4.79 Å². The second-order valence-electron chi connectivity index (χ2n) is 3.94. The van der Waals surface area contributed by atoms with Crippen LogP contribution in [0.2, 0.25) is 0 Å². The number of aryl methyl sites for hydroxylation is 2. The summed E-state index contributed by atoms with van der Waals surface area (Å²) in [6.45, 7) is 3.75. The van der Waals surface area contributed by atoms with Gasteiger partial charge in [-0.05, 0) is 43.2 Å². The number of nitrogens with two attached hydrogens (primary N) is 1. The lowest BCUT2D eigenvalue weighted by molar-refractivity contribution is 0.103. The van der Waals surface area contributed by atoms with Crippen LogP contribution in [0.4, 0.5) is 5.82 Å². The smallest absolute Gasteiger partial charge is 0.215 e. The van der Waals surface area contributed by atoms with E-state index in [1.54, 1.807) is 24.5 Å². The van der Waals surface area contributed by atoms with Crippen molar-refractivity contribution >= 4 is 11.6 Å². The highest BCUT2D eigenvalue weighted by Crippen LogP contribution is 2.17. The van der Waals surface area contributed by atoms with Gasteiger partial charge in [0.15, 0.2) is 0 Å². The molecule has 0 unspecified atom stereocenters. The van der Waals surface area contributed by atoms with Crippen LogP contribution >= 0.6 is 0 Å². The van der Waals surface area contributed by atoms with Crippen molar-refractivity contribution in [2.75, 3.05) is 5.73 Å². The van der Waals surface area contributed by atoms with E-state index in [0.29, 0.717) is 11.3 Å². The van der Waals surface area contributed by atoms with Crippen LogP contribution < -0.4 is 5.73 Å². The molecule has 2 N–H and O–H groups in total. The lowest BCUT2D eigenvalue weighted by Crippen LogP contribution is -2.10. The zero-order valence-electron chi connectivity index (χ0n) is 9.77. The highest BCUT2D eigenvalue weighted by molar-refractivity contribution is 6.11. The fourth-order valence-corrected chi connectivity index (χ4v) is 1.66. The number of nitrogen functional groups attached to an aromatic ring is 1. The van der Waals surface area contributed by atoms with Crippen molar-refractivity contribution in [2.24, 2.45) is 0 Å². The second kappa shape index (κ2) is 4.33. The van der Waals surface area contributed by atoms with Gasteiger partial charge in [-0.2, -0.15) is 0 Å². The van der Waals surface area contributed by atoms with Gasteiger partial charge in [-0.1, -0.05) is 0 Å². The number of carbonyl (C=O) groups excluding carboxylic acids is 1. The third-order valence-corrected chi connectivity index (χ3v) is 2.56. The number of anilines is 1. The molecule has 0 aliphatic carbocycles. The van der Waals surface area contributed by atoms with Gasteiger partial charge in [0.05, 0.1) is 5.56 Å². The van der Waals surface area contributed by atoms with E-state index < -0.39 is 0 Å². The molecular formula is C13H13N3O. The maximum absolute atomic E-state index is 12.3. The van der Waals surface area contributed by atoms with Crippen LogP contribution in [0.1, 0.15) is 27.2 Å². The topological polar surface area (TPSA) is 68.9 Å². The molecule has 0 aliphatic heterocycles. The fourth-order valence-electron chi connectivity index (χ4n) is 1.66. The van der Waals surface area contributed by atoms with Crippen LogP contribution in [0.25, 0.3) is 0 Å². The number of rotatable bonds is 2.